The molecule has 1 heterocycles. The molecule has 1 unspecified atom stereocenters. The van der Waals surface area contributed by atoms with Crippen LogP contribution in [0.3, 0.4) is 0 Å². The van der Waals surface area contributed by atoms with Gasteiger partial charge in [-0.15, -0.1) is 0 Å². The van der Waals surface area contributed by atoms with Gasteiger partial charge in [-0.25, -0.2) is 9.78 Å². The van der Waals surface area contributed by atoms with E-state index in [4.69, 9.17) is 0 Å². The Morgan fingerprint density at radius 3 is 2.80 bits per heavy atom. The van der Waals surface area contributed by atoms with E-state index in [1.165, 1.54) is 0 Å². The van der Waals surface area contributed by atoms with Crippen molar-refractivity contribution in [2.24, 2.45) is 5.92 Å². The van der Waals surface area contributed by atoms with Crippen molar-refractivity contribution in [3.8, 4) is 0 Å². The number of rotatable bonds is 8. The summed E-state index contributed by atoms with van der Waals surface area (Å²) in [4.78, 5) is 24.2. The van der Waals surface area contributed by atoms with Gasteiger partial charge >= 0.3 is 6.03 Å². The summed E-state index contributed by atoms with van der Waals surface area (Å²) in [6.45, 7) is 9.69. The minimum atomic E-state index is -0.0294. The van der Waals surface area contributed by atoms with Crippen LogP contribution in [0.15, 0.2) is 18.2 Å². The highest BCUT2D eigenvalue weighted by Gasteiger charge is 2.12. The van der Waals surface area contributed by atoms with Gasteiger partial charge in [-0.1, -0.05) is 26.0 Å². The van der Waals surface area contributed by atoms with Crippen molar-refractivity contribution in [1.82, 2.24) is 25.1 Å². The van der Waals surface area contributed by atoms with Crippen molar-refractivity contribution in [2.75, 3.05) is 40.3 Å². The molecule has 2 rings (SSSR count). The Kier molecular flexibility index (Phi) is 6.82. The molecule has 2 aromatic rings. The number of hydrogen-bond donors (Lipinski definition) is 2. The number of H-pyrrole nitrogens is 1. The monoisotopic (exact) mass is 345 g/mol. The summed E-state index contributed by atoms with van der Waals surface area (Å²) in [6, 6.07) is 6.09. The number of aromatic nitrogens is 2. The number of nitrogens with zero attached hydrogens (tertiary/aromatic N) is 3. The predicted molar refractivity (Wildman–Crippen MR) is 103 cm³/mol. The second-order valence-electron chi connectivity index (χ2n) is 6.97. The fourth-order valence-corrected chi connectivity index (χ4v) is 2.84. The molecule has 0 radical (unpaired) electrons. The van der Waals surface area contributed by atoms with E-state index in [9.17, 15) is 4.79 Å². The molecule has 0 aliphatic rings. The fraction of sp³-hybridized carbons (Fsp3) is 0.579. The quantitative estimate of drug-likeness (QED) is 0.773. The Morgan fingerprint density at radius 2 is 2.12 bits per heavy atom. The molecule has 0 aliphatic carbocycles. The van der Waals surface area contributed by atoms with Gasteiger partial charge in [0, 0.05) is 33.1 Å². The Bertz CT molecular complexity index is 696. The standard InChI is InChI=1S/C19H31N5O/c1-6-23(4)13-14(2)12-20-19(25)24(5)11-10-17-21-16-9-7-8-15(3)18(16)22-17/h7-9,14H,6,10-13H2,1-5H3,(H,20,25)(H,21,22). The predicted octanol–water partition coefficient (Wildman–Crippen LogP) is 2.64. The van der Waals surface area contributed by atoms with Crippen LogP contribution < -0.4 is 5.32 Å². The molecular formula is C19H31N5O. The third-order valence-corrected chi connectivity index (χ3v) is 4.56. The summed E-state index contributed by atoms with van der Waals surface area (Å²) in [5.74, 6) is 1.35. The maximum absolute atomic E-state index is 12.2. The van der Waals surface area contributed by atoms with Gasteiger partial charge in [-0.3, -0.25) is 0 Å². The molecule has 2 N–H and O–H groups in total. The number of fused-ring (bicyclic) bond motifs is 1. The molecule has 0 spiro atoms. The highest BCUT2D eigenvalue weighted by Crippen LogP contribution is 2.15. The number of aromatic amines is 1. The average Bonchev–Trinajstić information content (AvgIpc) is 3.02. The van der Waals surface area contributed by atoms with Gasteiger partial charge in [-0.2, -0.15) is 0 Å². The molecule has 6 nitrogen and oxygen atoms in total. The van der Waals surface area contributed by atoms with Gasteiger partial charge in [0.2, 0.25) is 0 Å². The van der Waals surface area contributed by atoms with Crippen molar-refractivity contribution in [3.63, 3.8) is 0 Å². The highest BCUT2D eigenvalue weighted by atomic mass is 16.2. The lowest BCUT2D eigenvalue weighted by Gasteiger charge is -2.22. The van der Waals surface area contributed by atoms with E-state index in [0.29, 0.717) is 25.4 Å². The van der Waals surface area contributed by atoms with Gasteiger partial charge < -0.3 is 20.1 Å². The molecule has 0 saturated carbocycles. The van der Waals surface area contributed by atoms with Crippen LogP contribution in [-0.2, 0) is 6.42 Å². The maximum Gasteiger partial charge on any atom is 0.317 e. The van der Waals surface area contributed by atoms with Crippen molar-refractivity contribution in [3.05, 3.63) is 29.6 Å². The van der Waals surface area contributed by atoms with E-state index in [2.05, 4.69) is 54.1 Å². The summed E-state index contributed by atoms with van der Waals surface area (Å²) < 4.78 is 0. The van der Waals surface area contributed by atoms with Crippen LogP contribution in [0.25, 0.3) is 11.0 Å². The van der Waals surface area contributed by atoms with Crippen LogP contribution in [-0.4, -0.2) is 66.1 Å². The molecule has 0 aliphatic heterocycles. The molecule has 138 valence electrons. The number of likely N-dealkylation sites (N-methyl/N-ethyl adjacent to an activating group) is 1. The van der Waals surface area contributed by atoms with Crippen LogP contribution in [0.2, 0.25) is 0 Å². The molecule has 1 atom stereocenters. The zero-order valence-electron chi connectivity index (χ0n) is 16.1. The molecule has 1 aromatic carbocycles. The minimum Gasteiger partial charge on any atom is -0.342 e. The molecule has 2 amide bonds. The number of benzene rings is 1. The van der Waals surface area contributed by atoms with Crippen molar-refractivity contribution in [2.45, 2.75) is 27.2 Å². The number of para-hydroxylation sites is 1. The summed E-state index contributed by atoms with van der Waals surface area (Å²) >= 11 is 0. The first kappa shape index (κ1) is 19.2. The van der Waals surface area contributed by atoms with Crippen molar-refractivity contribution in [1.29, 1.82) is 0 Å². The molecule has 6 heteroatoms. The van der Waals surface area contributed by atoms with Crippen molar-refractivity contribution >= 4 is 17.1 Å². The van der Waals surface area contributed by atoms with Crippen molar-refractivity contribution < 1.29 is 4.79 Å². The third-order valence-electron chi connectivity index (χ3n) is 4.56. The van der Waals surface area contributed by atoms with Gasteiger partial charge in [0.1, 0.15) is 5.82 Å². The topological polar surface area (TPSA) is 64.3 Å². The average molecular weight is 345 g/mol. The molecule has 0 saturated heterocycles. The van der Waals surface area contributed by atoms with Crippen LogP contribution >= 0.6 is 0 Å². The number of hydrogen-bond acceptors (Lipinski definition) is 3. The minimum absolute atomic E-state index is 0.0294. The second-order valence-corrected chi connectivity index (χ2v) is 6.97. The number of amides is 2. The lowest BCUT2D eigenvalue weighted by Crippen LogP contribution is -2.41. The molecule has 1 aromatic heterocycles. The van der Waals surface area contributed by atoms with E-state index in [0.717, 1.165) is 35.5 Å². The number of carbonyl (C=O) groups is 1. The van der Waals surface area contributed by atoms with Crippen LogP contribution in [0.4, 0.5) is 4.79 Å². The largest absolute Gasteiger partial charge is 0.342 e. The van der Waals surface area contributed by atoms with Gasteiger partial charge in [0.15, 0.2) is 0 Å². The Hall–Kier alpha value is -2.08. The zero-order chi connectivity index (χ0) is 18.4. The highest BCUT2D eigenvalue weighted by molar-refractivity contribution is 5.78. The van der Waals surface area contributed by atoms with Gasteiger partial charge in [-0.05, 0) is 38.1 Å². The van der Waals surface area contributed by atoms with Crippen LogP contribution in [0, 0.1) is 12.8 Å². The SMILES string of the molecule is CCN(C)CC(C)CNC(=O)N(C)CCc1nc2c(C)cccc2[nH]1. The fourth-order valence-electron chi connectivity index (χ4n) is 2.84. The van der Waals surface area contributed by atoms with E-state index in [-0.39, 0.29) is 6.03 Å². The van der Waals surface area contributed by atoms with Gasteiger partial charge in [0.25, 0.3) is 0 Å². The van der Waals surface area contributed by atoms with E-state index >= 15 is 0 Å². The Labute approximate surface area is 150 Å². The first-order chi connectivity index (χ1) is 11.9. The summed E-state index contributed by atoms with van der Waals surface area (Å²) in [5.41, 5.74) is 3.23. The summed E-state index contributed by atoms with van der Waals surface area (Å²) in [5, 5.41) is 3.01. The molecule has 25 heavy (non-hydrogen) atoms. The maximum atomic E-state index is 12.2. The number of imidazole rings is 1. The van der Waals surface area contributed by atoms with E-state index in [1.807, 2.05) is 19.2 Å². The smallest absolute Gasteiger partial charge is 0.317 e. The van der Waals surface area contributed by atoms with Crippen LogP contribution in [0.5, 0.6) is 0 Å². The first-order valence-electron chi connectivity index (χ1n) is 9.02. The Balaban J connectivity index is 1.79. The molecule has 0 fully saturated rings. The number of urea groups is 1. The first-order valence-corrected chi connectivity index (χ1v) is 9.02. The Morgan fingerprint density at radius 1 is 1.36 bits per heavy atom. The van der Waals surface area contributed by atoms with E-state index < -0.39 is 0 Å². The molecular weight excluding hydrogens is 314 g/mol. The number of nitrogens with one attached hydrogen (secondary N) is 2. The van der Waals surface area contributed by atoms with E-state index in [1.54, 1.807) is 4.90 Å². The lowest BCUT2D eigenvalue weighted by molar-refractivity contribution is 0.205. The lowest BCUT2D eigenvalue weighted by atomic mass is 10.1. The zero-order valence-corrected chi connectivity index (χ0v) is 16.1. The van der Waals surface area contributed by atoms with Crippen LogP contribution in [0.1, 0.15) is 25.2 Å². The summed E-state index contributed by atoms with van der Waals surface area (Å²) in [7, 11) is 3.92. The normalized spacial score (nSPS) is 12.6. The van der Waals surface area contributed by atoms with Gasteiger partial charge in [0.05, 0.1) is 11.0 Å². The summed E-state index contributed by atoms with van der Waals surface area (Å²) in [6.07, 6.45) is 0.714. The second kappa shape index (κ2) is 8.85. The number of carbonyl (C=O) groups excluding carboxylic acids is 1. The molecule has 0 bridgehead atoms. The number of aryl methyl sites for hydroxylation is 1. The third kappa shape index (κ3) is 5.46.